The summed E-state index contributed by atoms with van der Waals surface area (Å²) in [5, 5.41) is 9.38. The highest BCUT2D eigenvalue weighted by Gasteiger charge is 2.17. The summed E-state index contributed by atoms with van der Waals surface area (Å²) >= 11 is 0.984. The largest absolute Gasteiger partial charge is 0.508 e. The van der Waals surface area contributed by atoms with Crippen molar-refractivity contribution in [2.75, 3.05) is 0 Å². The maximum Gasteiger partial charge on any atom is 0.353 e. The van der Waals surface area contributed by atoms with E-state index >= 15 is 0 Å². The van der Waals surface area contributed by atoms with Gasteiger partial charge in [-0.3, -0.25) is 0 Å². The van der Waals surface area contributed by atoms with Crippen LogP contribution in [0.2, 0.25) is 0 Å². The van der Waals surface area contributed by atoms with Crippen molar-refractivity contribution < 1.29 is 24.2 Å². The molecule has 1 aromatic heterocycles. The molecule has 1 heterocycles. The summed E-state index contributed by atoms with van der Waals surface area (Å²) in [6, 6.07) is 16.1. The molecule has 25 heavy (non-hydrogen) atoms. The SMILES string of the molecule is Cc1cccc(OC(=O)c2ccc(C(=O)Oc3cccc(O)c3)s2)c1. The van der Waals surface area contributed by atoms with Gasteiger partial charge in [-0.05, 0) is 48.9 Å². The third-order valence-corrected chi connectivity index (χ3v) is 4.28. The first-order valence-electron chi connectivity index (χ1n) is 7.41. The third kappa shape index (κ3) is 4.24. The van der Waals surface area contributed by atoms with Crippen LogP contribution in [0.1, 0.15) is 24.9 Å². The lowest BCUT2D eigenvalue weighted by molar-refractivity contribution is 0.0731. The molecule has 0 unspecified atom stereocenters. The lowest BCUT2D eigenvalue weighted by Gasteiger charge is -2.03. The minimum absolute atomic E-state index is 0.00102. The van der Waals surface area contributed by atoms with Gasteiger partial charge in [0, 0.05) is 6.07 Å². The summed E-state index contributed by atoms with van der Waals surface area (Å²) in [7, 11) is 0. The number of carbonyl (C=O) groups excluding carboxylic acids is 2. The lowest BCUT2D eigenvalue weighted by atomic mass is 10.2. The van der Waals surface area contributed by atoms with E-state index in [1.807, 2.05) is 13.0 Å². The van der Waals surface area contributed by atoms with E-state index in [4.69, 9.17) is 9.47 Å². The maximum atomic E-state index is 12.2. The van der Waals surface area contributed by atoms with E-state index in [9.17, 15) is 14.7 Å². The molecule has 0 aliphatic rings. The quantitative estimate of drug-likeness (QED) is 0.561. The normalized spacial score (nSPS) is 10.3. The van der Waals surface area contributed by atoms with E-state index in [0.717, 1.165) is 16.9 Å². The van der Waals surface area contributed by atoms with Crippen LogP contribution in [0.3, 0.4) is 0 Å². The summed E-state index contributed by atoms with van der Waals surface area (Å²) in [5.41, 5.74) is 0.979. The number of hydrogen-bond acceptors (Lipinski definition) is 6. The van der Waals surface area contributed by atoms with E-state index in [0.29, 0.717) is 10.6 Å². The molecule has 1 N–H and O–H groups in total. The van der Waals surface area contributed by atoms with Gasteiger partial charge in [0.05, 0.1) is 0 Å². The highest BCUT2D eigenvalue weighted by molar-refractivity contribution is 7.15. The molecule has 3 aromatic rings. The van der Waals surface area contributed by atoms with Crippen LogP contribution in [0.4, 0.5) is 0 Å². The topological polar surface area (TPSA) is 72.8 Å². The van der Waals surface area contributed by atoms with Gasteiger partial charge >= 0.3 is 11.9 Å². The zero-order valence-corrected chi connectivity index (χ0v) is 14.1. The summed E-state index contributed by atoms with van der Waals surface area (Å²) in [4.78, 5) is 24.8. The van der Waals surface area contributed by atoms with Crippen LogP contribution in [-0.4, -0.2) is 17.0 Å². The smallest absolute Gasteiger partial charge is 0.353 e. The number of esters is 2. The fourth-order valence-electron chi connectivity index (χ4n) is 2.10. The second-order valence-electron chi connectivity index (χ2n) is 5.26. The maximum absolute atomic E-state index is 12.2. The van der Waals surface area contributed by atoms with Gasteiger partial charge < -0.3 is 14.6 Å². The number of benzene rings is 2. The number of phenols is 1. The van der Waals surface area contributed by atoms with Crippen molar-refractivity contribution in [3.05, 3.63) is 76.0 Å². The second-order valence-corrected chi connectivity index (χ2v) is 6.34. The zero-order valence-electron chi connectivity index (χ0n) is 13.3. The minimum Gasteiger partial charge on any atom is -0.508 e. The van der Waals surface area contributed by atoms with Gasteiger partial charge in [-0.15, -0.1) is 11.3 Å². The molecule has 0 spiro atoms. The molecule has 0 amide bonds. The molecule has 2 aromatic carbocycles. The van der Waals surface area contributed by atoms with Crippen LogP contribution in [-0.2, 0) is 0 Å². The Hall–Kier alpha value is -3.12. The molecule has 6 heteroatoms. The zero-order chi connectivity index (χ0) is 17.8. The minimum atomic E-state index is -0.606. The van der Waals surface area contributed by atoms with Crippen molar-refractivity contribution in [2.45, 2.75) is 6.92 Å². The molecule has 0 radical (unpaired) electrons. The first kappa shape index (κ1) is 16.7. The molecule has 126 valence electrons. The average molecular weight is 354 g/mol. The van der Waals surface area contributed by atoms with Crippen LogP contribution in [0, 0.1) is 6.92 Å². The Labute approximate surface area is 148 Å². The van der Waals surface area contributed by atoms with Gasteiger partial charge in [0.1, 0.15) is 27.0 Å². The van der Waals surface area contributed by atoms with Crippen molar-refractivity contribution in [1.29, 1.82) is 0 Å². The monoisotopic (exact) mass is 354 g/mol. The van der Waals surface area contributed by atoms with Gasteiger partial charge in [0.2, 0.25) is 0 Å². The van der Waals surface area contributed by atoms with Crippen molar-refractivity contribution in [3.63, 3.8) is 0 Å². The molecule has 0 bridgehead atoms. The predicted molar refractivity (Wildman–Crippen MR) is 93.5 cm³/mol. The summed E-state index contributed by atoms with van der Waals surface area (Å²) in [6.07, 6.45) is 0. The Bertz CT molecular complexity index is 855. The number of rotatable bonds is 4. The standard InChI is InChI=1S/C19H14O5S/c1-12-4-2-6-14(10-12)23-18(21)16-8-9-17(25-16)19(22)24-15-7-3-5-13(20)11-15/h2-11,20H,1H3. The van der Waals surface area contributed by atoms with Crippen molar-refractivity contribution in [3.8, 4) is 17.2 Å². The highest BCUT2D eigenvalue weighted by Crippen LogP contribution is 2.23. The molecule has 5 nitrogen and oxygen atoms in total. The highest BCUT2D eigenvalue weighted by atomic mass is 32.1. The average Bonchev–Trinajstić information content (AvgIpc) is 3.05. The predicted octanol–water partition coefficient (Wildman–Crippen LogP) is 4.20. The Morgan fingerprint density at radius 3 is 1.96 bits per heavy atom. The Kier molecular flexibility index (Phi) is 4.81. The number of aryl methyl sites for hydroxylation is 1. The van der Waals surface area contributed by atoms with E-state index in [1.165, 1.54) is 24.3 Å². The first-order chi connectivity index (χ1) is 12.0. The van der Waals surface area contributed by atoms with Crippen LogP contribution >= 0.6 is 11.3 Å². The number of aromatic hydroxyl groups is 1. The first-order valence-corrected chi connectivity index (χ1v) is 8.23. The fraction of sp³-hybridized carbons (Fsp3) is 0.0526. The summed E-state index contributed by atoms with van der Waals surface area (Å²) in [5.74, 6) is -0.472. The number of carbonyl (C=O) groups is 2. The molecule has 3 rings (SSSR count). The molecular formula is C19H14O5S. The van der Waals surface area contributed by atoms with Gasteiger partial charge in [0.15, 0.2) is 0 Å². The Morgan fingerprint density at radius 1 is 0.840 bits per heavy atom. The van der Waals surface area contributed by atoms with Gasteiger partial charge in [-0.1, -0.05) is 18.2 Å². The van der Waals surface area contributed by atoms with Gasteiger partial charge in [-0.25, -0.2) is 9.59 Å². The molecule has 0 aliphatic carbocycles. The number of ether oxygens (including phenoxy) is 2. The van der Waals surface area contributed by atoms with Crippen LogP contribution in [0.15, 0.2) is 60.7 Å². The van der Waals surface area contributed by atoms with Crippen LogP contribution < -0.4 is 9.47 Å². The summed E-state index contributed by atoms with van der Waals surface area (Å²) < 4.78 is 10.5. The van der Waals surface area contributed by atoms with E-state index in [1.54, 1.807) is 30.3 Å². The molecular weight excluding hydrogens is 340 g/mol. The van der Waals surface area contributed by atoms with Crippen molar-refractivity contribution in [2.24, 2.45) is 0 Å². The fourth-order valence-corrected chi connectivity index (χ4v) is 2.86. The lowest BCUT2D eigenvalue weighted by Crippen LogP contribution is -2.07. The molecule has 0 atom stereocenters. The molecule has 0 saturated carbocycles. The second kappa shape index (κ2) is 7.19. The van der Waals surface area contributed by atoms with E-state index in [-0.39, 0.29) is 16.4 Å². The number of thiophene rings is 1. The van der Waals surface area contributed by atoms with Crippen molar-refractivity contribution >= 4 is 23.3 Å². The number of phenolic OH excluding ortho intramolecular Hbond substituents is 1. The van der Waals surface area contributed by atoms with Crippen LogP contribution in [0.5, 0.6) is 17.2 Å². The van der Waals surface area contributed by atoms with E-state index in [2.05, 4.69) is 0 Å². The Morgan fingerprint density at radius 2 is 1.40 bits per heavy atom. The Balaban J connectivity index is 1.69. The molecule has 0 aliphatic heterocycles. The molecule has 0 saturated heterocycles. The van der Waals surface area contributed by atoms with Crippen LogP contribution in [0.25, 0.3) is 0 Å². The van der Waals surface area contributed by atoms with E-state index < -0.39 is 11.9 Å². The molecule has 0 fully saturated rings. The summed E-state index contributed by atoms with van der Waals surface area (Å²) in [6.45, 7) is 1.90. The third-order valence-electron chi connectivity index (χ3n) is 3.24. The van der Waals surface area contributed by atoms with Gasteiger partial charge in [-0.2, -0.15) is 0 Å². The van der Waals surface area contributed by atoms with Gasteiger partial charge in [0.25, 0.3) is 0 Å². The van der Waals surface area contributed by atoms with Crippen molar-refractivity contribution in [1.82, 2.24) is 0 Å². The number of hydrogen-bond donors (Lipinski definition) is 1.